The molecule has 0 amide bonds. The summed E-state index contributed by atoms with van der Waals surface area (Å²) in [6, 6.07) is 4.93. The highest BCUT2D eigenvalue weighted by Gasteiger charge is 2.20. The number of aromatic nitrogens is 1. The molecule has 1 aromatic rings. The van der Waals surface area contributed by atoms with Gasteiger partial charge in [-0.3, -0.25) is 4.98 Å². The number of likely N-dealkylation sites (N-methyl/N-ethyl adjacent to an activating group) is 1. The fourth-order valence-corrected chi connectivity index (χ4v) is 1.89. The summed E-state index contributed by atoms with van der Waals surface area (Å²) < 4.78 is 5.58. The minimum atomic E-state index is 0.296. The van der Waals surface area contributed by atoms with E-state index in [1.165, 1.54) is 18.5 Å². The first-order chi connectivity index (χ1) is 9.15. The zero-order valence-electron chi connectivity index (χ0n) is 12.2. The van der Waals surface area contributed by atoms with Gasteiger partial charge in [0, 0.05) is 38.1 Å². The molecule has 1 saturated carbocycles. The topological polar surface area (TPSA) is 37.4 Å². The van der Waals surface area contributed by atoms with Crippen LogP contribution in [0.3, 0.4) is 0 Å². The van der Waals surface area contributed by atoms with Crippen LogP contribution in [0.4, 0.5) is 5.69 Å². The van der Waals surface area contributed by atoms with Crippen molar-refractivity contribution in [3.63, 3.8) is 0 Å². The second kappa shape index (κ2) is 6.87. The Morgan fingerprint density at radius 1 is 1.47 bits per heavy atom. The van der Waals surface area contributed by atoms with Gasteiger partial charge in [0.05, 0.1) is 18.4 Å². The molecule has 1 aliphatic carbocycles. The van der Waals surface area contributed by atoms with E-state index in [0.29, 0.717) is 6.10 Å². The first kappa shape index (κ1) is 14.3. The van der Waals surface area contributed by atoms with Gasteiger partial charge in [0.2, 0.25) is 0 Å². The van der Waals surface area contributed by atoms with Crippen LogP contribution in [-0.2, 0) is 11.3 Å². The maximum atomic E-state index is 5.58. The normalized spacial score (nSPS) is 14.9. The molecule has 0 bridgehead atoms. The summed E-state index contributed by atoms with van der Waals surface area (Å²) in [4.78, 5) is 6.62. The highest BCUT2D eigenvalue weighted by Crippen LogP contribution is 2.19. The van der Waals surface area contributed by atoms with Crippen molar-refractivity contribution in [1.29, 1.82) is 0 Å². The van der Waals surface area contributed by atoms with Crippen molar-refractivity contribution in [2.45, 2.75) is 45.4 Å². The van der Waals surface area contributed by atoms with E-state index in [0.717, 1.165) is 31.4 Å². The molecule has 0 unspecified atom stereocenters. The van der Waals surface area contributed by atoms with E-state index in [4.69, 9.17) is 4.74 Å². The molecule has 1 aliphatic rings. The Balaban J connectivity index is 1.81. The molecule has 0 saturated heterocycles. The molecule has 1 aromatic heterocycles. The zero-order valence-corrected chi connectivity index (χ0v) is 12.2. The first-order valence-corrected chi connectivity index (χ1v) is 7.16. The summed E-state index contributed by atoms with van der Waals surface area (Å²) in [5.41, 5.74) is 2.32. The summed E-state index contributed by atoms with van der Waals surface area (Å²) in [7, 11) is 2.09. The number of hydrogen-bond acceptors (Lipinski definition) is 4. The van der Waals surface area contributed by atoms with E-state index in [-0.39, 0.29) is 0 Å². The lowest BCUT2D eigenvalue weighted by atomic mass is 10.3. The van der Waals surface area contributed by atoms with Crippen LogP contribution in [0, 0.1) is 0 Å². The van der Waals surface area contributed by atoms with Crippen LogP contribution in [0.25, 0.3) is 0 Å². The highest BCUT2D eigenvalue weighted by atomic mass is 16.5. The number of nitrogens with zero attached hydrogens (tertiary/aromatic N) is 2. The van der Waals surface area contributed by atoms with Crippen LogP contribution in [0.2, 0.25) is 0 Å². The molecular formula is C15H25N3O. The average Bonchev–Trinajstić information content (AvgIpc) is 3.20. The molecule has 19 heavy (non-hydrogen) atoms. The van der Waals surface area contributed by atoms with E-state index >= 15 is 0 Å². The lowest BCUT2D eigenvalue weighted by Gasteiger charge is -2.20. The van der Waals surface area contributed by atoms with Crippen LogP contribution in [-0.4, -0.2) is 37.3 Å². The van der Waals surface area contributed by atoms with Crippen LogP contribution >= 0.6 is 0 Å². The summed E-state index contributed by atoms with van der Waals surface area (Å²) in [5.74, 6) is 0. The maximum absolute atomic E-state index is 5.58. The van der Waals surface area contributed by atoms with Crippen molar-refractivity contribution < 1.29 is 4.74 Å². The lowest BCUT2D eigenvalue weighted by Crippen LogP contribution is -2.24. The van der Waals surface area contributed by atoms with Gasteiger partial charge >= 0.3 is 0 Å². The minimum Gasteiger partial charge on any atom is -0.377 e. The number of hydrogen-bond donors (Lipinski definition) is 1. The van der Waals surface area contributed by atoms with Gasteiger partial charge in [0.15, 0.2) is 0 Å². The predicted octanol–water partition coefficient (Wildman–Crippen LogP) is 2.19. The van der Waals surface area contributed by atoms with Crippen molar-refractivity contribution in [2.75, 3.05) is 25.1 Å². The van der Waals surface area contributed by atoms with Gasteiger partial charge in [0.1, 0.15) is 0 Å². The molecule has 1 heterocycles. The zero-order chi connectivity index (χ0) is 13.7. The molecule has 4 nitrogen and oxygen atoms in total. The third-order valence-electron chi connectivity index (χ3n) is 3.27. The van der Waals surface area contributed by atoms with Gasteiger partial charge in [-0.25, -0.2) is 0 Å². The van der Waals surface area contributed by atoms with Gasteiger partial charge in [-0.2, -0.15) is 0 Å². The fourth-order valence-electron chi connectivity index (χ4n) is 1.89. The van der Waals surface area contributed by atoms with E-state index in [1.54, 1.807) is 0 Å². The first-order valence-electron chi connectivity index (χ1n) is 7.16. The van der Waals surface area contributed by atoms with Crippen LogP contribution in [0.5, 0.6) is 0 Å². The third-order valence-corrected chi connectivity index (χ3v) is 3.27. The van der Waals surface area contributed by atoms with Crippen molar-refractivity contribution in [3.05, 3.63) is 24.0 Å². The largest absolute Gasteiger partial charge is 0.377 e. The molecule has 0 radical (unpaired) electrons. The predicted molar refractivity (Wildman–Crippen MR) is 78.5 cm³/mol. The maximum Gasteiger partial charge on any atom is 0.0644 e. The summed E-state index contributed by atoms with van der Waals surface area (Å²) in [6.07, 6.45) is 4.81. The Morgan fingerprint density at radius 3 is 2.95 bits per heavy atom. The number of pyridine rings is 1. The van der Waals surface area contributed by atoms with Gasteiger partial charge < -0.3 is 15.0 Å². The number of rotatable bonds is 8. The van der Waals surface area contributed by atoms with Crippen molar-refractivity contribution >= 4 is 5.69 Å². The Labute approximate surface area is 116 Å². The molecule has 0 aromatic carbocycles. The molecule has 106 valence electrons. The quantitative estimate of drug-likeness (QED) is 0.780. The van der Waals surface area contributed by atoms with Gasteiger partial charge in [-0.15, -0.1) is 0 Å². The Hall–Kier alpha value is -1.13. The molecular weight excluding hydrogens is 238 g/mol. The number of nitrogens with one attached hydrogen (secondary N) is 1. The van der Waals surface area contributed by atoms with Crippen molar-refractivity contribution in [1.82, 2.24) is 10.3 Å². The summed E-state index contributed by atoms with van der Waals surface area (Å²) >= 11 is 0. The highest BCUT2D eigenvalue weighted by molar-refractivity contribution is 5.45. The van der Waals surface area contributed by atoms with Gasteiger partial charge in [-0.1, -0.05) is 0 Å². The van der Waals surface area contributed by atoms with E-state index in [2.05, 4.69) is 48.2 Å². The Morgan fingerprint density at radius 2 is 2.26 bits per heavy atom. The molecule has 0 atom stereocenters. The molecule has 0 spiro atoms. The summed E-state index contributed by atoms with van der Waals surface area (Å²) in [6.45, 7) is 6.65. The molecule has 2 rings (SSSR count). The standard InChI is InChI=1S/C15H25N3O/c1-12(2)19-9-8-18(3)15-6-7-16-14(10-15)11-17-13-4-5-13/h6-7,10,12-13,17H,4-5,8-9,11H2,1-3H3. The van der Waals surface area contributed by atoms with Crippen LogP contribution in [0.1, 0.15) is 32.4 Å². The molecule has 0 aliphatic heterocycles. The third kappa shape index (κ3) is 5.17. The fraction of sp³-hybridized carbons (Fsp3) is 0.667. The molecule has 4 heteroatoms. The smallest absolute Gasteiger partial charge is 0.0644 e. The van der Waals surface area contributed by atoms with Gasteiger partial charge in [-0.05, 0) is 38.8 Å². The molecule has 1 N–H and O–H groups in total. The van der Waals surface area contributed by atoms with E-state index < -0.39 is 0 Å². The Bertz CT molecular complexity index is 391. The number of ether oxygens (including phenoxy) is 1. The minimum absolute atomic E-state index is 0.296. The second-order valence-electron chi connectivity index (χ2n) is 5.50. The van der Waals surface area contributed by atoms with E-state index in [9.17, 15) is 0 Å². The monoisotopic (exact) mass is 263 g/mol. The van der Waals surface area contributed by atoms with Crippen LogP contribution in [0.15, 0.2) is 18.3 Å². The van der Waals surface area contributed by atoms with Crippen molar-refractivity contribution in [2.24, 2.45) is 0 Å². The van der Waals surface area contributed by atoms with Crippen LogP contribution < -0.4 is 10.2 Å². The SMILES string of the molecule is CC(C)OCCN(C)c1ccnc(CNC2CC2)c1. The Kier molecular flexibility index (Phi) is 5.16. The second-order valence-corrected chi connectivity index (χ2v) is 5.50. The average molecular weight is 263 g/mol. The number of anilines is 1. The van der Waals surface area contributed by atoms with Gasteiger partial charge in [0.25, 0.3) is 0 Å². The van der Waals surface area contributed by atoms with Crippen molar-refractivity contribution in [3.8, 4) is 0 Å². The van der Waals surface area contributed by atoms with E-state index in [1.807, 2.05) is 6.20 Å². The lowest BCUT2D eigenvalue weighted by molar-refractivity contribution is 0.0846. The molecule has 1 fully saturated rings. The summed E-state index contributed by atoms with van der Waals surface area (Å²) in [5, 5.41) is 3.49.